The van der Waals surface area contributed by atoms with Crippen LogP contribution in [0, 0.1) is 5.92 Å². The molecule has 0 amide bonds. The smallest absolute Gasteiger partial charge is 0.315 e. The van der Waals surface area contributed by atoms with Crippen LogP contribution in [0.4, 0.5) is 6.01 Å². The summed E-state index contributed by atoms with van der Waals surface area (Å²) in [6.07, 6.45) is 3.76. The molecule has 0 saturated heterocycles. The molecule has 2 N–H and O–H groups in total. The van der Waals surface area contributed by atoms with E-state index in [1.165, 1.54) is 19.3 Å². The Bertz CT molecular complexity index is 338. The van der Waals surface area contributed by atoms with Gasteiger partial charge in [-0.15, -0.1) is 5.10 Å². The van der Waals surface area contributed by atoms with Crippen molar-refractivity contribution >= 4 is 6.01 Å². The Labute approximate surface area is 96.0 Å². The molecule has 1 aromatic heterocycles. The number of hydrogen-bond acceptors (Lipinski definition) is 5. The van der Waals surface area contributed by atoms with E-state index in [4.69, 9.17) is 4.42 Å². The van der Waals surface area contributed by atoms with Gasteiger partial charge in [-0.1, -0.05) is 18.4 Å². The Balaban J connectivity index is 1.97. The Morgan fingerprint density at radius 3 is 2.81 bits per heavy atom. The first-order valence-electron chi connectivity index (χ1n) is 5.98. The van der Waals surface area contributed by atoms with Gasteiger partial charge in [0.25, 0.3) is 0 Å². The molecular weight excluding hydrogens is 204 g/mol. The van der Waals surface area contributed by atoms with Gasteiger partial charge in [0.2, 0.25) is 5.89 Å². The molecule has 90 valence electrons. The fraction of sp³-hybridized carbons (Fsp3) is 0.818. The molecule has 0 radical (unpaired) electrons. The van der Waals surface area contributed by atoms with Gasteiger partial charge in [0.1, 0.15) is 0 Å². The lowest BCUT2D eigenvalue weighted by Gasteiger charge is -2.14. The highest BCUT2D eigenvalue weighted by Crippen LogP contribution is 2.27. The zero-order valence-corrected chi connectivity index (χ0v) is 10.2. The van der Waals surface area contributed by atoms with Gasteiger partial charge in [-0.25, -0.2) is 0 Å². The van der Waals surface area contributed by atoms with Crippen molar-refractivity contribution in [2.24, 2.45) is 5.92 Å². The second-order valence-electron chi connectivity index (χ2n) is 4.61. The molecule has 1 heterocycles. The number of aromatic nitrogens is 2. The van der Waals surface area contributed by atoms with E-state index in [0.29, 0.717) is 23.9 Å². The van der Waals surface area contributed by atoms with Crippen molar-refractivity contribution in [3.63, 3.8) is 0 Å². The number of rotatable bonds is 4. The van der Waals surface area contributed by atoms with Crippen LogP contribution in [-0.2, 0) is 0 Å². The van der Waals surface area contributed by atoms with Crippen LogP contribution in [0.5, 0.6) is 0 Å². The fourth-order valence-electron chi connectivity index (χ4n) is 2.11. The van der Waals surface area contributed by atoms with Crippen molar-refractivity contribution in [2.75, 3.05) is 12.4 Å². The highest BCUT2D eigenvalue weighted by molar-refractivity contribution is 5.21. The van der Waals surface area contributed by atoms with E-state index >= 15 is 0 Å². The summed E-state index contributed by atoms with van der Waals surface area (Å²) in [6, 6.07) is 1.14. The van der Waals surface area contributed by atoms with Crippen molar-refractivity contribution in [1.82, 2.24) is 15.5 Å². The topological polar surface area (TPSA) is 63.0 Å². The molecule has 1 fully saturated rings. The lowest BCUT2D eigenvalue weighted by atomic mass is 10.1. The van der Waals surface area contributed by atoms with E-state index in [2.05, 4.69) is 27.8 Å². The third-order valence-corrected chi connectivity index (χ3v) is 3.41. The summed E-state index contributed by atoms with van der Waals surface area (Å²) in [5.74, 6) is 1.33. The second kappa shape index (κ2) is 4.82. The SMILES string of the molecule is CNC(C)c1nnc(NC2CCCC2C)o1. The van der Waals surface area contributed by atoms with Crippen LogP contribution < -0.4 is 10.6 Å². The van der Waals surface area contributed by atoms with Crippen molar-refractivity contribution in [2.45, 2.75) is 45.2 Å². The molecule has 1 aliphatic rings. The molecule has 16 heavy (non-hydrogen) atoms. The molecule has 5 heteroatoms. The van der Waals surface area contributed by atoms with Gasteiger partial charge in [-0.2, -0.15) is 0 Å². The molecule has 0 bridgehead atoms. The van der Waals surface area contributed by atoms with Crippen LogP contribution in [0.25, 0.3) is 0 Å². The standard InChI is InChI=1S/C11H20N4O/c1-7-5-4-6-9(7)13-11-15-14-10(16-11)8(2)12-3/h7-9,12H,4-6H2,1-3H3,(H,13,15). The molecule has 5 nitrogen and oxygen atoms in total. The third kappa shape index (κ3) is 2.35. The van der Waals surface area contributed by atoms with Gasteiger partial charge in [-0.3, -0.25) is 0 Å². The van der Waals surface area contributed by atoms with Gasteiger partial charge in [0.05, 0.1) is 6.04 Å². The predicted octanol–water partition coefficient (Wildman–Crippen LogP) is 1.95. The summed E-state index contributed by atoms with van der Waals surface area (Å²) in [5, 5.41) is 14.4. The lowest BCUT2D eigenvalue weighted by Crippen LogP contribution is -2.21. The van der Waals surface area contributed by atoms with Gasteiger partial charge in [-0.05, 0) is 32.7 Å². The quantitative estimate of drug-likeness (QED) is 0.818. The van der Waals surface area contributed by atoms with E-state index in [9.17, 15) is 0 Å². The molecule has 2 rings (SSSR count). The Morgan fingerprint density at radius 1 is 1.38 bits per heavy atom. The normalized spacial score (nSPS) is 26.9. The van der Waals surface area contributed by atoms with Crippen molar-refractivity contribution in [3.8, 4) is 0 Å². The Morgan fingerprint density at radius 2 is 2.19 bits per heavy atom. The molecule has 1 aliphatic carbocycles. The highest BCUT2D eigenvalue weighted by Gasteiger charge is 2.25. The molecule has 1 aromatic rings. The van der Waals surface area contributed by atoms with E-state index in [0.717, 1.165) is 0 Å². The first-order chi connectivity index (χ1) is 7.70. The van der Waals surface area contributed by atoms with Crippen molar-refractivity contribution < 1.29 is 4.42 Å². The zero-order chi connectivity index (χ0) is 11.5. The summed E-state index contributed by atoms with van der Waals surface area (Å²) in [6.45, 7) is 4.26. The molecule has 3 unspecified atom stereocenters. The number of nitrogens with one attached hydrogen (secondary N) is 2. The molecule has 0 aliphatic heterocycles. The number of hydrogen-bond donors (Lipinski definition) is 2. The van der Waals surface area contributed by atoms with Crippen LogP contribution >= 0.6 is 0 Å². The molecule has 3 atom stereocenters. The average molecular weight is 224 g/mol. The van der Waals surface area contributed by atoms with Gasteiger partial charge in [0.15, 0.2) is 0 Å². The number of nitrogens with zero attached hydrogens (tertiary/aromatic N) is 2. The monoisotopic (exact) mass is 224 g/mol. The van der Waals surface area contributed by atoms with Gasteiger partial charge >= 0.3 is 6.01 Å². The lowest BCUT2D eigenvalue weighted by molar-refractivity contribution is 0.433. The largest absolute Gasteiger partial charge is 0.406 e. The molecule has 1 saturated carbocycles. The molecule has 0 spiro atoms. The molecular formula is C11H20N4O. The van der Waals surface area contributed by atoms with E-state index in [-0.39, 0.29) is 6.04 Å². The Kier molecular flexibility index (Phi) is 3.43. The first kappa shape index (κ1) is 11.4. The maximum Gasteiger partial charge on any atom is 0.315 e. The number of anilines is 1. The minimum atomic E-state index is 0.101. The van der Waals surface area contributed by atoms with E-state index in [1.54, 1.807) is 0 Å². The summed E-state index contributed by atoms with van der Waals surface area (Å²) in [7, 11) is 1.88. The third-order valence-electron chi connectivity index (χ3n) is 3.41. The summed E-state index contributed by atoms with van der Waals surface area (Å²) in [4.78, 5) is 0. The van der Waals surface area contributed by atoms with Crippen LogP contribution in [-0.4, -0.2) is 23.3 Å². The van der Waals surface area contributed by atoms with Crippen molar-refractivity contribution in [1.29, 1.82) is 0 Å². The van der Waals surface area contributed by atoms with E-state index in [1.807, 2.05) is 14.0 Å². The summed E-state index contributed by atoms with van der Waals surface area (Å²) in [5.41, 5.74) is 0. The van der Waals surface area contributed by atoms with Crippen molar-refractivity contribution in [3.05, 3.63) is 5.89 Å². The van der Waals surface area contributed by atoms with Crippen LogP contribution in [0.1, 0.15) is 45.0 Å². The fourth-order valence-corrected chi connectivity index (χ4v) is 2.11. The summed E-state index contributed by atoms with van der Waals surface area (Å²) >= 11 is 0. The minimum absolute atomic E-state index is 0.101. The Hall–Kier alpha value is -1.10. The second-order valence-corrected chi connectivity index (χ2v) is 4.61. The van der Waals surface area contributed by atoms with Gasteiger partial charge in [0, 0.05) is 6.04 Å². The maximum atomic E-state index is 5.55. The predicted molar refractivity (Wildman–Crippen MR) is 62.2 cm³/mol. The van der Waals surface area contributed by atoms with Gasteiger partial charge < -0.3 is 15.1 Å². The average Bonchev–Trinajstić information content (AvgIpc) is 2.89. The van der Waals surface area contributed by atoms with Crippen LogP contribution in [0.3, 0.4) is 0 Å². The van der Waals surface area contributed by atoms with E-state index < -0.39 is 0 Å². The first-order valence-corrected chi connectivity index (χ1v) is 5.98. The van der Waals surface area contributed by atoms with Crippen LogP contribution in [0.2, 0.25) is 0 Å². The highest BCUT2D eigenvalue weighted by atomic mass is 16.4. The molecule has 0 aromatic carbocycles. The maximum absolute atomic E-state index is 5.55. The zero-order valence-electron chi connectivity index (χ0n) is 10.2. The minimum Gasteiger partial charge on any atom is -0.406 e. The van der Waals surface area contributed by atoms with Crippen LogP contribution in [0.15, 0.2) is 4.42 Å². The summed E-state index contributed by atoms with van der Waals surface area (Å²) < 4.78 is 5.55.